The third kappa shape index (κ3) is 10.3. The Kier molecular flexibility index (Phi) is 12.6. The van der Waals surface area contributed by atoms with E-state index in [0.29, 0.717) is 28.9 Å². The zero-order valence-corrected chi connectivity index (χ0v) is 24.8. The van der Waals surface area contributed by atoms with Gasteiger partial charge in [-0.1, -0.05) is 103 Å². The van der Waals surface area contributed by atoms with Crippen LogP contribution < -0.4 is 0 Å². The number of ether oxygens (including phenoxy) is 2. The highest BCUT2D eigenvalue weighted by molar-refractivity contribution is 6.36. The van der Waals surface area contributed by atoms with Gasteiger partial charge in [-0.05, 0) is 53.5 Å². The van der Waals surface area contributed by atoms with E-state index >= 15 is 0 Å². The Labute approximate surface area is 254 Å². The van der Waals surface area contributed by atoms with Gasteiger partial charge < -0.3 is 9.30 Å². The standard InChI is InChI=1S/C33H31Cl2F3N2O2/c1-4-24(23-41-3)9-6-7-19-40-22-31(29-17-16-28(34)21-30(29)35)39-32(40)18-13-25-11-14-27(15-12-25)26(5-2)10-8-20-42-33(36,37)38/h4-18,21-22H,1,19-20,23H2,2-3H3/b7-6+,10-8-,18-13+,24-9+,26-5+. The number of aromatic nitrogens is 2. The maximum Gasteiger partial charge on any atom is 0.522 e. The van der Waals surface area contributed by atoms with Gasteiger partial charge in [0.05, 0.1) is 23.9 Å². The fraction of sp³-hybridized carbons (Fsp3) is 0.182. The molecule has 0 aliphatic heterocycles. The van der Waals surface area contributed by atoms with Gasteiger partial charge in [-0.3, -0.25) is 4.74 Å². The topological polar surface area (TPSA) is 36.3 Å². The van der Waals surface area contributed by atoms with Gasteiger partial charge >= 0.3 is 6.36 Å². The van der Waals surface area contributed by atoms with Crippen molar-refractivity contribution in [2.45, 2.75) is 19.8 Å². The minimum atomic E-state index is -4.66. The first-order valence-corrected chi connectivity index (χ1v) is 13.7. The average Bonchev–Trinajstić information content (AvgIpc) is 3.36. The first-order valence-electron chi connectivity index (χ1n) is 12.9. The molecule has 0 unspecified atom stereocenters. The second-order valence-electron chi connectivity index (χ2n) is 8.93. The summed E-state index contributed by atoms with van der Waals surface area (Å²) in [6.45, 7) is 6.10. The summed E-state index contributed by atoms with van der Waals surface area (Å²) in [6, 6.07) is 13.0. The van der Waals surface area contributed by atoms with Crippen molar-refractivity contribution in [3.8, 4) is 11.3 Å². The molecule has 0 spiro atoms. The second kappa shape index (κ2) is 16.1. The van der Waals surface area contributed by atoms with E-state index in [4.69, 9.17) is 32.9 Å². The van der Waals surface area contributed by atoms with Gasteiger partial charge in [-0.2, -0.15) is 0 Å². The largest absolute Gasteiger partial charge is 0.522 e. The van der Waals surface area contributed by atoms with Crippen LogP contribution in [0.15, 0.2) is 103 Å². The van der Waals surface area contributed by atoms with Crippen LogP contribution >= 0.6 is 23.2 Å². The number of methoxy groups -OCH3 is 1. The molecule has 0 bridgehead atoms. The second-order valence-corrected chi connectivity index (χ2v) is 9.77. The third-order valence-corrected chi connectivity index (χ3v) is 6.50. The van der Waals surface area contributed by atoms with Crippen LogP contribution in [0.5, 0.6) is 0 Å². The number of imidazole rings is 1. The average molecular weight is 616 g/mol. The number of rotatable bonds is 13. The molecular weight excluding hydrogens is 584 g/mol. The fourth-order valence-electron chi connectivity index (χ4n) is 3.88. The highest BCUT2D eigenvalue weighted by Gasteiger charge is 2.28. The number of hydrogen-bond donors (Lipinski definition) is 0. The monoisotopic (exact) mass is 614 g/mol. The highest BCUT2D eigenvalue weighted by Crippen LogP contribution is 2.30. The van der Waals surface area contributed by atoms with Crippen molar-refractivity contribution in [2.75, 3.05) is 20.3 Å². The molecule has 0 radical (unpaired) electrons. The van der Waals surface area contributed by atoms with Crippen LogP contribution in [0.3, 0.4) is 0 Å². The lowest BCUT2D eigenvalue weighted by molar-refractivity contribution is -0.319. The van der Waals surface area contributed by atoms with Gasteiger partial charge in [0.2, 0.25) is 0 Å². The van der Waals surface area contributed by atoms with E-state index in [1.54, 1.807) is 31.4 Å². The molecule has 42 heavy (non-hydrogen) atoms. The van der Waals surface area contributed by atoms with Crippen LogP contribution in [0.25, 0.3) is 29.0 Å². The molecule has 2 aromatic carbocycles. The summed E-state index contributed by atoms with van der Waals surface area (Å²) in [6.07, 6.45) is 13.5. The molecule has 3 rings (SSSR count). The van der Waals surface area contributed by atoms with Crippen molar-refractivity contribution in [2.24, 2.45) is 0 Å². The lowest BCUT2D eigenvalue weighted by Gasteiger charge is -2.05. The molecule has 0 fully saturated rings. The number of benzene rings is 2. The zero-order chi connectivity index (χ0) is 30.5. The molecule has 4 nitrogen and oxygen atoms in total. The highest BCUT2D eigenvalue weighted by atomic mass is 35.5. The van der Waals surface area contributed by atoms with E-state index in [0.717, 1.165) is 33.7 Å². The zero-order valence-electron chi connectivity index (χ0n) is 23.2. The van der Waals surface area contributed by atoms with Crippen LogP contribution in [0, 0.1) is 0 Å². The van der Waals surface area contributed by atoms with Gasteiger partial charge in [0.1, 0.15) is 5.82 Å². The SMILES string of the molecule is C=C/C(=C\C=C\Cn1cc(-c2ccc(Cl)cc2Cl)nc1/C=C/c1ccc(C(/C=C\COC(F)(F)F)=C/C)cc1)COC. The quantitative estimate of drug-likeness (QED) is 0.180. The Morgan fingerprint density at radius 2 is 1.83 bits per heavy atom. The Hall–Kier alpha value is -3.62. The summed E-state index contributed by atoms with van der Waals surface area (Å²) in [5, 5.41) is 1.05. The lowest BCUT2D eigenvalue weighted by Crippen LogP contribution is -2.12. The summed E-state index contributed by atoms with van der Waals surface area (Å²) in [5.41, 5.74) is 5.01. The number of alkyl halides is 3. The van der Waals surface area contributed by atoms with E-state index in [1.807, 2.05) is 84.5 Å². The third-order valence-electron chi connectivity index (χ3n) is 5.96. The van der Waals surface area contributed by atoms with Crippen molar-refractivity contribution in [1.29, 1.82) is 0 Å². The van der Waals surface area contributed by atoms with Crippen molar-refractivity contribution in [3.63, 3.8) is 0 Å². The molecule has 0 atom stereocenters. The minimum absolute atomic E-state index is 0.475. The van der Waals surface area contributed by atoms with Gasteiger partial charge in [0, 0.05) is 30.4 Å². The van der Waals surface area contributed by atoms with Crippen molar-refractivity contribution in [3.05, 3.63) is 130 Å². The van der Waals surface area contributed by atoms with E-state index in [2.05, 4.69) is 11.3 Å². The van der Waals surface area contributed by atoms with Crippen LogP contribution in [-0.4, -0.2) is 36.2 Å². The number of hydrogen-bond acceptors (Lipinski definition) is 3. The number of halogens is 5. The normalized spacial score (nSPS) is 13.2. The molecule has 0 aliphatic rings. The minimum Gasteiger partial charge on any atom is -0.380 e. The van der Waals surface area contributed by atoms with Gasteiger partial charge in [-0.25, -0.2) is 4.98 Å². The van der Waals surface area contributed by atoms with Gasteiger partial charge in [0.15, 0.2) is 0 Å². The summed E-state index contributed by atoms with van der Waals surface area (Å²) >= 11 is 12.5. The Morgan fingerprint density at radius 3 is 2.48 bits per heavy atom. The van der Waals surface area contributed by atoms with Crippen LogP contribution in [0.4, 0.5) is 13.2 Å². The number of nitrogens with zero attached hydrogens (tertiary/aromatic N) is 2. The molecule has 0 amide bonds. The van der Waals surface area contributed by atoms with Gasteiger partial charge in [-0.15, -0.1) is 13.2 Å². The first kappa shape index (κ1) is 32.9. The molecule has 1 aromatic heterocycles. The van der Waals surface area contributed by atoms with Crippen molar-refractivity contribution >= 4 is 40.9 Å². The van der Waals surface area contributed by atoms with E-state index < -0.39 is 13.0 Å². The molecule has 3 aromatic rings. The van der Waals surface area contributed by atoms with Crippen LogP contribution in [-0.2, 0) is 16.0 Å². The molecule has 1 heterocycles. The molecule has 0 N–H and O–H groups in total. The Bertz CT molecular complexity index is 1500. The van der Waals surface area contributed by atoms with Crippen molar-refractivity contribution < 1.29 is 22.6 Å². The van der Waals surface area contributed by atoms with Crippen LogP contribution in [0.2, 0.25) is 10.0 Å². The first-order chi connectivity index (χ1) is 20.1. The molecule has 220 valence electrons. The maximum absolute atomic E-state index is 12.2. The molecule has 0 aliphatic carbocycles. The van der Waals surface area contributed by atoms with Gasteiger partial charge in [0.25, 0.3) is 0 Å². The lowest BCUT2D eigenvalue weighted by atomic mass is 10.0. The van der Waals surface area contributed by atoms with E-state index in [1.165, 1.54) is 6.08 Å². The van der Waals surface area contributed by atoms with Crippen LogP contribution in [0.1, 0.15) is 23.9 Å². The molecular formula is C33H31Cl2F3N2O2. The Balaban J connectivity index is 1.83. The van der Waals surface area contributed by atoms with E-state index in [-0.39, 0.29) is 0 Å². The summed E-state index contributed by atoms with van der Waals surface area (Å²) in [4.78, 5) is 4.82. The fourth-order valence-corrected chi connectivity index (χ4v) is 4.38. The predicted molar refractivity (Wildman–Crippen MR) is 167 cm³/mol. The maximum atomic E-state index is 12.2. The molecule has 9 heteroatoms. The van der Waals surface area contributed by atoms with E-state index in [9.17, 15) is 13.2 Å². The van der Waals surface area contributed by atoms with Crippen molar-refractivity contribution in [1.82, 2.24) is 9.55 Å². The Morgan fingerprint density at radius 1 is 1.07 bits per heavy atom. The smallest absolute Gasteiger partial charge is 0.380 e. The summed E-state index contributed by atoms with van der Waals surface area (Å²) < 4.78 is 47.6. The predicted octanol–water partition coefficient (Wildman–Crippen LogP) is 9.84. The summed E-state index contributed by atoms with van der Waals surface area (Å²) in [5.74, 6) is 0.719. The summed E-state index contributed by atoms with van der Waals surface area (Å²) in [7, 11) is 1.64. The number of allylic oxidation sites excluding steroid dienone is 6. The molecule has 0 saturated heterocycles. The molecule has 0 saturated carbocycles.